The van der Waals surface area contributed by atoms with E-state index in [2.05, 4.69) is 179 Å². The molecule has 9 aromatic rings. The summed E-state index contributed by atoms with van der Waals surface area (Å²) in [6.45, 7) is 0. The molecule has 0 N–H and O–H groups in total. The SMILES string of the molecule is Bc1c(B)c(B)c(-c2c3ccccc3c(-c3ccc4oc5c(-c6ccccc6)c(-c6ccccc6)ccc5c4c3)c3ccccc23)c(B)c1B. The molecule has 0 aliphatic carbocycles. The molecule has 8 aromatic carbocycles. The first-order valence-electron chi connectivity index (χ1n) is 17.5. The van der Waals surface area contributed by atoms with Gasteiger partial charge in [-0.1, -0.05) is 132 Å². The van der Waals surface area contributed by atoms with Crippen LogP contribution in [0.3, 0.4) is 0 Å². The van der Waals surface area contributed by atoms with Gasteiger partial charge < -0.3 is 4.42 Å². The monoisotopic (exact) mass is 632 g/mol. The molecule has 0 aliphatic heterocycles. The fourth-order valence-corrected chi connectivity index (χ4v) is 8.33. The Kier molecular flexibility index (Phi) is 7.18. The second-order valence-corrected chi connectivity index (χ2v) is 13.8. The van der Waals surface area contributed by atoms with Crippen molar-refractivity contribution in [1.82, 2.24) is 0 Å². The zero-order chi connectivity index (χ0) is 34.1. The highest BCUT2D eigenvalue weighted by Gasteiger charge is 2.22. The van der Waals surface area contributed by atoms with Crippen LogP contribution in [0.15, 0.2) is 144 Å². The molecule has 0 aliphatic rings. The molecule has 1 aromatic heterocycles. The summed E-state index contributed by atoms with van der Waals surface area (Å²) in [6.07, 6.45) is 0. The van der Waals surface area contributed by atoms with Gasteiger partial charge in [-0.05, 0) is 78.7 Å². The summed E-state index contributed by atoms with van der Waals surface area (Å²) in [4.78, 5) is 0. The predicted octanol–water partition coefficient (Wildman–Crippen LogP) is 3.85. The molecule has 6 heteroatoms. The fraction of sp³-hybridized carbons (Fsp3) is 0. The average Bonchev–Trinajstić information content (AvgIpc) is 3.54. The first kappa shape index (κ1) is 30.5. The summed E-state index contributed by atoms with van der Waals surface area (Å²) in [5.74, 6) is 0. The van der Waals surface area contributed by atoms with Gasteiger partial charge in [-0.2, -0.15) is 0 Å². The van der Waals surface area contributed by atoms with E-state index in [9.17, 15) is 0 Å². The van der Waals surface area contributed by atoms with Crippen molar-refractivity contribution in [1.29, 1.82) is 0 Å². The number of rotatable bonds is 4. The van der Waals surface area contributed by atoms with E-state index in [1.54, 1.807) is 0 Å². The maximum atomic E-state index is 6.80. The zero-order valence-electron chi connectivity index (χ0n) is 29.2. The lowest BCUT2D eigenvalue weighted by Gasteiger charge is -2.24. The minimum absolute atomic E-state index is 0.897. The van der Waals surface area contributed by atoms with Crippen LogP contribution in [0.1, 0.15) is 0 Å². The highest BCUT2D eigenvalue weighted by molar-refractivity contribution is 6.69. The number of benzene rings is 8. The number of hydrogen-bond acceptors (Lipinski definition) is 1. The molecule has 1 nitrogen and oxygen atoms in total. The lowest BCUT2D eigenvalue weighted by Crippen LogP contribution is -2.55. The minimum Gasteiger partial charge on any atom is -0.455 e. The Bertz CT molecular complexity index is 2720. The van der Waals surface area contributed by atoms with Gasteiger partial charge in [0.25, 0.3) is 0 Å². The Morgan fingerprint density at radius 1 is 0.320 bits per heavy atom. The van der Waals surface area contributed by atoms with Crippen molar-refractivity contribution in [2.45, 2.75) is 0 Å². The van der Waals surface area contributed by atoms with Crippen molar-refractivity contribution in [3.63, 3.8) is 0 Å². The van der Waals surface area contributed by atoms with Gasteiger partial charge >= 0.3 is 0 Å². The van der Waals surface area contributed by atoms with Crippen LogP contribution < -0.4 is 27.3 Å². The summed E-state index contributed by atoms with van der Waals surface area (Å²) in [5.41, 5.74) is 18.5. The molecule has 0 saturated heterocycles. The Morgan fingerprint density at radius 3 is 1.40 bits per heavy atom. The molecular weight excluding hydrogens is 599 g/mol. The van der Waals surface area contributed by atoms with Crippen molar-refractivity contribution >= 4 is 110 Å². The van der Waals surface area contributed by atoms with Crippen LogP contribution in [0.25, 0.3) is 88.0 Å². The molecule has 9 rings (SSSR count). The summed E-state index contributed by atoms with van der Waals surface area (Å²) in [7, 11) is 11.4. The van der Waals surface area contributed by atoms with E-state index in [1.807, 2.05) is 0 Å². The molecule has 0 saturated carbocycles. The highest BCUT2D eigenvalue weighted by Crippen LogP contribution is 2.46. The van der Waals surface area contributed by atoms with Crippen molar-refractivity contribution in [2.24, 2.45) is 0 Å². The van der Waals surface area contributed by atoms with Gasteiger partial charge in [0.05, 0.1) is 0 Å². The first-order valence-corrected chi connectivity index (χ1v) is 17.5. The van der Waals surface area contributed by atoms with Crippen molar-refractivity contribution in [3.8, 4) is 44.5 Å². The van der Waals surface area contributed by atoms with E-state index in [-0.39, 0.29) is 0 Å². The van der Waals surface area contributed by atoms with Crippen LogP contribution in [0.4, 0.5) is 0 Å². The lowest BCUT2D eigenvalue weighted by atomic mass is 9.59. The molecule has 1 heterocycles. The smallest absolute Gasteiger partial charge is 0.143 e. The summed E-state index contributed by atoms with van der Waals surface area (Å²) in [5, 5.41) is 7.35. The van der Waals surface area contributed by atoms with E-state index in [0.29, 0.717) is 0 Å². The second kappa shape index (κ2) is 11.8. The van der Waals surface area contributed by atoms with E-state index in [1.165, 1.54) is 82.2 Å². The van der Waals surface area contributed by atoms with Gasteiger partial charge in [-0.15, -0.1) is 16.4 Å². The third kappa shape index (κ3) is 4.55. The van der Waals surface area contributed by atoms with Gasteiger partial charge in [0.15, 0.2) is 0 Å². The Balaban J connectivity index is 1.34. The summed E-state index contributed by atoms with van der Waals surface area (Å²) < 4.78 is 6.80. The maximum absolute atomic E-state index is 6.80. The van der Waals surface area contributed by atoms with Crippen LogP contribution >= 0.6 is 0 Å². The van der Waals surface area contributed by atoms with Crippen LogP contribution in [0, 0.1) is 0 Å². The maximum Gasteiger partial charge on any atom is 0.143 e. The van der Waals surface area contributed by atoms with Crippen LogP contribution in [-0.4, -0.2) is 39.2 Å². The molecule has 230 valence electrons. The lowest BCUT2D eigenvalue weighted by molar-refractivity contribution is 0.670. The highest BCUT2D eigenvalue weighted by atomic mass is 16.3. The third-order valence-electron chi connectivity index (χ3n) is 11.3. The van der Waals surface area contributed by atoms with E-state index < -0.39 is 0 Å². The molecule has 0 spiro atoms. The fourth-order valence-electron chi connectivity index (χ4n) is 8.33. The second-order valence-electron chi connectivity index (χ2n) is 13.8. The first-order chi connectivity index (χ1) is 24.4. The van der Waals surface area contributed by atoms with Crippen LogP contribution in [0.5, 0.6) is 0 Å². The molecule has 0 unspecified atom stereocenters. The molecule has 0 radical (unpaired) electrons. The number of hydrogen-bond donors (Lipinski definition) is 0. The van der Waals surface area contributed by atoms with Crippen molar-refractivity contribution in [2.75, 3.05) is 0 Å². The zero-order valence-corrected chi connectivity index (χ0v) is 29.2. The normalized spacial score (nSPS) is 11.6. The van der Waals surface area contributed by atoms with Gasteiger partial charge in [-0.3, -0.25) is 0 Å². The van der Waals surface area contributed by atoms with Gasteiger partial charge in [-0.25, -0.2) is 0 Å². The molecular formula is C44H33B5O. The van der Waals surface area contributed by atoms with E-state index >= 15 is 0 Å². The minimum atomic E-state index is 0.897. The quantitative estimate of drug-likeness (QED) is 0.213. The predicted molar refractivity (Wildman–Crippen MR) is 231 cm³/mol. The average molecular weight is 632 g/mol. The van der Waals surface area contributed by atoms with E-state index in [0.717, 1.165) is 33.1 Å². The van der Waals surface area contributed by atoms with E-state index in [4.69, 9.17) is 4.42 Å². The molecule has 50 heavy (non-hydrogen) atoms. The Morgan fingerprint density at radius 2 is 0.820 bits per heavy atom. The number of furan rings is 1. The Hall–Kier alpha value is -5.60. The standard InChI is InChI=1S/C44H33B5O/c45-39-38(40(46)42(48)43(49)41(39)47)37-30-17-9-7-15-28(30)35(29-16-8-10-18-31(29)37)26-19-22-34-33(23-26)32-21-20-27(24-11-3-1-4-12-24)36(44(32)50-34)25-13-5-2-6-14-25/h1-23H,45-49H2. The van der Waals surface area contributed by atoms with Gasteiger partial charge in [0.1, 0.15) is 50.4 Å². The van der Waals surface area contributed by atoms with Crippen LogP contribution in [-0.2, 0) is 0 Å². The molecule has 0 amide bonds. The molecule has 0 bridgehead atoms. The number of fused-ring (bicyclic) bond motifs is 5. The van der Waals surface area contributed by atoms with Crippen LogP contribution in [0.2, 0.25) is 0 Å². The largest absolute Gasteiger partial charge is 0.455 e. The summed E-state index contributed by atoms with van der Waals surface area (Å²) >= 11 is 0. The van der Waals surface area contributed by atoms with Gasteiger partial charge in [0.2, 0.25) is 0 Å². The Labute approximate surface area is 297 Å². The third-order valence-corrected chi connectivity index (χ3v) is 11.3. The topological polar surface area (TPSA) is 13.1 Å². The summed E-state index contributed by atoms with van der Waals surface area (Å²) in [6, 6.07) is 50.5. The van der Waals surface area contributed by atoms with Crippen molar-refractivity contribution < 1.29 is 4.42 Å². The van der Waals surface area contributed by atoms with Gasteiger partial charge in [0, 0.05) is 16.3 Å². The molecule has 0 fully saturated rings. The van der Waals surface area contributed by atoms with Crippen molar-refractivity contribution in [3.05, 3.63) is 140 Å². The molecule has 0 atom stereocenters.